The Bertz CT molecular complexity index is 1190. The van der Waals surface area contributed by atoms with E-state index >= 15 is 0 Å². The Labute approximate surface area is 168 Å². The van der Waals surface area contributed by atoms with Crippen LogP contribution in [0.15, 0.2) is 49.3 Å². The van der Waals surface area contributed by atoms with Crippen molar-refractivity contribution in [2.24, 2.45) is 0 Å². The molecule has 0 saturated carbocycles. The zero-order valence-corrected chi connectivity index (χ0v) is 16.6. The Balaban J connectivity index is 1.71. The molecule has 7 nitrogen and oxygen atoms in total. The molecule has 0 radical (unpaired) electrons. The van der Waals surface area contributed by atoms with Crippen LogP contribution in [-0.2, 0) is 13.0 Å². The van der Waals surface area contributed by atoms with Crippen molar-refractivity contribution in [2.75, 3.05) is 14.2 Å². The van der Waals surface area contributed by atoms with Gasteiger partial charge < -0.3 is 18.6 Å². The SMILES string of the molecule is COc1cc2c(cc1OC)-c1c(-c3cncc(-n4ccnc4)c3)nc(C)n1CC2. The van der Waals surface area contributed by atoms with Crippen LogP contribution in [0, 0.1) is 6.92 Å². The van der Waals surface area contributed by atoms with Crippen LogP contribution in [0.4, 0.5) is 0 Å². The summed E-state index contributed by atoms with van der Waals surface area (Å²) in [4.78, 5) is 13.5. The molecule has 4 aromatic rings. The van der Waals surface area contributed by atoms with Crippen LogP contribution >= 0.6 is 0 Å². The summed E-state index contributed by atoms with van der Waals surface area (Å²) in [5.74, 6) is 2.46. The third-order valence-electron chi connectivity index (χ3n) is 5.43. The number of imidazole rings is 2. The van der Waals surface area contributed by atoms with Crippen molar-refractivity contribution in [3.63, 3.8) is 0 Å². The summed E-state index contributed by atoms with van der Waals surface area (Å²) in [6.07, 6.45) is 10.0. The van der Waals surface area contributed by atoms with E-state index in [9.17, 15) is 0 Å². The Morgan fingerprint density at radius 3 is 2.59 bits per heavy atom. The maximum atomic E-state index is 5.56. The molecule has 1 aliphatic heterocycles. The Morgan fingerprint density at radius 1 is 1.00 bits per heavy atom. The number of benzene rings is 1. The normalized spacial score (nSPS) is 12.4. The van der Waals surface area contributed by atoms with Gasteiger partial charge in [-0.3, -0.25) is 4.98 Å². The van der Waals surface area contributed by atoms with Gasteiger partial charge in [-0.2, -0.15) is 0 Å². The molecule has 5 rings (SSSR count). The second-order valence-corrected chi connectivity index (χ2v) is 7.02. The van der Waals surface area contributed by atoms with Gasteiger partial charge in [-0.25, -0.2) is 9.97 Å². The summed E-state index contributed by atoms with van der Waals surface area (Å²) in [5.41, 5.74) is 6.28. The standard InChI is InChI=1S/C22H21N5O2/c1-14-25-21(16-8-17(12-24-11-16)26-7-5-23-13-26)22-18-10-20(29-3)19(28-2)9-15(18)4-6-27(14)22/h5,7-13H,4,6H2,1-3H3. The van der Waals surface area contributed by atoms with Crippen LogP contribution in [0.25, 0.3) is 28.2 Å². The van der Waals surface area contributed by atoms with E-state index in [0.29, 0.717) is 0 Å². The maximum Gasteiger partial charge on any atom is 0.161 e. The largest absolute Gasteiger partial charge is 0.493 e. The number of methoxy groups -OCH3 is 2. The second kappa shape index (κ2) is 6.77. The van der Waals surface area contributed by atoms with Gasteiger partial charge in [0.15, 0.2) is 11.5 Å². The summed E-state index contributed by atoms with van der Waals surface area (Å²) >= 11 is 0. The van der Waals surface area contributed by atoms with Gasteiger partial charge in [0.2, 0.25) is 0 Å². The summed E-state index contributed by atoms with van der Waals surface area (Å²) in [6.45, 7) is 2.93. The highest BCUT2D eigenvalue weighted by molar-refractivity contribution is 5.83. The molecule has 0 saturated heterocycles. The lowest BCUT2D eigenvalue weighted by molar-refractivity contribution is 0.354. The van der Waals surface area contributed by atoms with Gasteiger partial charge in [0.25, 0.3) is 0 Å². The Hall–Kier alpha value is -3.61. The number of hydrogen-bond donors (Lipinski definition) is 0. The number of ether oxygens (including phenoxy) is 2. The molecule has 0 fully saturated rings. The molecule has 29 heavy (non-hydrogen) atoms. The Morgan fingerprint density at radius 2 is 1.83 bits per heavy atom. The lowest BCUT2D eigenvalue weighted by atomic mass is 9.95. The molecular weight excluding hydrogens is 366 g/mol. The molecule has 146 valence electrons. The van der Waals surface area contributed by atoms with Crippen LogP contribution in [0.3, 0.4) is 0 Å². The number of rotatable bonds is 4. The highest BCUT2D eigenvalue weighted by Gasteiger charge is 2.26. The van der Waals surface area contributed by atoms with Crippen molar-refractivity contribution < 1.29 is 9.47 Å². The highest BCUT2D eigenvalue weighted by Crippen LogP contribution is 2.42. The molecule has 1 aliphatic rings. The average molecular weight is 387 g/mol. The number of fused-ring (bicyclic) bond motifs is 3. The van der Waals surface area contributed by atoms with Crippen LogP contribution in [0.2, 0.25) is 0 Å². The summed E-state index contributed by atoms with van der Waals surface area (Å²) in [6, 6.07) is 6.22. The number of aryl methyl sites for hydroxylation is 2. The third-order valence-corrected chi connectivity index (χ3v) is 5.43. The average Bonchev–Trinajstić information content (AvgIpc) is 3.41. The zero-order chi connectivity index (χ0) is 20.0. The van der Waals surface area contributed by atoms with E-state index in [2.05, 4.69) is 32.7 Å². The zero-order valence-electron chi connectivity index (χ0n) is 16.6. The first-order valence-electron chi connectivity index (χ1n) is 9.45. The maximum absolute atomic E-state index is 5.56. The number of pyridine rings is 1. The summed E-state index contributed by atoms with van der Waals surface area (Å²) in [5, 5.41) is 0. The van der Waals surface area contributed by atoms with Crippen molar-refractivity contribution in [1.29, 1.82) is 0 Å². The smallest absolute Gasteiger partial charge is 0.161 e. The van der Waals surface area contributed by atoms with E-state index in [4.69, 9.17) is 14.5 Å². The van der Waals surface area contributed by atoms with Crippen LogP contribution < -0.4 is 9.47 Å². The van der Waals surface area contributed by atoms with Crippen LogP contribution in [0.1, 0.15) is 11.4 Å². The Kier molecular flexibility index (Phi) is 4.08. The number of nitrogens with zero attached hydrogens (tertiary/aromatic N) is 5. The monoisotopic (exact) mass is 387 g/mol. The molecule has 0 atom stereocenters. The minimum absolute atomic E-state index is 0.717. The first-order chi connectivity index (χ1) is 14.2. The first kappa shape index (κ1) is 17.5. The topological polar surface area (TPSA) is 67.0 Å². The fraction of sp³-hybridized carbons (Fsp3) is 0.227. The van der Waals surface area contributed by atoms with Crippen molar-refractivity contribution in [1.82, 2.24) is 24.1 Å². The van der Waals surface area contributed by atoms with E-state index in [1.165, 1.54) is 5.56 Å². The van der Waals surface area contributed by atoms with E-state index in [-0.39, 0.29) is 0 Å². The molecule has 4 heterocycles. The molecule has 0 N–H and O–H groups in total. The minimum atomic E-state index is 0.717. The molecule has 0 amide bonds. The van der Waals surface area contributed by atoms with Gasteiger partial charge in [-0.15, -0.1) is 0 Å². The molecule has 0 spiro atoms. The van der Waals surface area contributed by atoms with E-state index in [1.807, 2.05) is 30.1 Å². The fourth-order valence-electron chi connectivity index (χ4n) is 4.00. The van der Waals surface area contributed by atoms with Crippen molar-refractivity contribution in [3.8, 4) is 39.7 Å². The molecular formula is C22H21N5O2. The van der Waals surface area contributed by atoms with E-state index in [1.54, 1.807) is 26.7 Å². The van der Waals surface area contributed by atoms with Crippen molar-refractivity contribution >= 4 is 0 Å². The quantitative estimate of drug-likeness (QED) is 0.534. The lowest BCUT2D eigenvalue weighted by Gasteiger charge is -2.22. The molecule has 7 heteroatoms. The van der Waals surface area contributed by atoms with Crippen LogP contribution in [-0.4, -0.2) is 38.3 Å². The minimum Gasteiger partial charge on any atom is -0.493 e. The predicted octanol–water partition coefficient (Wildman–Crippen LogP) is 3.68. The molecule has 0 unspecified atom stereocenters. The highest BCUT2D eigenvalue weighted by atomic mass is 16.5. The summed E-state index contributed by atoms with van der Waals surface area (Å²) < 4.78 is 15.3. The molecule has 0 aliphatic carbocycles. The number of hydrogen-bond acceptors (Lipinski definition) is 5. The summed E-state index contributed by atoms with van der Waals surface area (Å²) in [7, 11) is 3.33. The van der Waals surface area contributed by atoms with E-state index in [0.717, 1.165) is 58.5 Å². The van der Waals surface area contributed by atoms with Crippen molar-refractivity contribution in [3.05, 3.63) is 60.7 Å². The third kappa shape index (κ3) is 2.77. The van der Waals surface area contributed by atoms with Crippen LogP contribution in [0.5, 0.6) is 11.5 Å². The van der Waals surface area contributed by atoms with Gasteiger partial charge in [0.1, 0.15) is 5.82 Å². The number of aromatic nitrogens is 5. The predicted molar refractivity (Wildman–Crippen MR) is 110 cm³/mol. The molecule has 0 bridgehead atoms. The fourth-order valence-corrected chi connectivity index (χ4v) is 4.00. The van der Waals surface area contributed by atoms with E-state index < -0.39 is 0 Å². The first-order valence-corrected chi connectivity index (χ1v) is 9.45. The van der Waals surface area contributed by atoms with Gasteiger partial charge >= 0.3 is 0 Å². The van der Waals surface area contributed by atoms with Gasteiger partial charge in [0.05, 0.1) is 43.8 Å². The van der Waals surface area contributed by atoms with Crippen molar-refractivity contribution in [2.45, 2.75) is 19.9 Å². The lowest BCUT2D eigenvalue weighted by Crippen LogP contribution is -2.12. The van der Waals surface area contributed by atoms with Gasteiger partial charge in [-0.1, -0.05) is 0 Å². The van der Waals surface area contributed by atoms with Gasteiger partial charge in [0, 0.05) is 36.3 Å². The second-order valence-electron chi connectivity index (χ2n) is 7.02. The van der Waals surface area contributed by atoms with Gasteiger partial charge in [-0.05, 0) is 37.1 Å². The molecule has 1 aromatic carbocycles. The molecule has 3 aromatic heterocycles.